The Balaban J connectivity index is 1.55. The van der Waals surface area contributed by atoms with Crippen LogP contribution in [-0.4, -0.2) is 61.6 Å². The molecule has 6 atom stereocenters. The SMILES string of the molecule is CC(C)OC(=O)[C@H](C)N[P@](=O)(OC[C@H]1O[C@@H](n2cnc3c(N)nc(N)nc32)[C@H](C#N)[C@@H]1O)Oc1ccccc1. The third-order valence-electron chi connectivity index (χ3n) is 5.69. The largest absolute Gasteiger partial charge is 0.462 e. The van der Waals surface area contributed by atoms with Crippen molar-refractivity contribution in [2.24, 2.45) is 5.92 Å². The number of aliphatic hydroxyl groups excluding tert-OH is 1. The first kappa shape index (κ1) is 28.2. The number of benzene rings is 1. The number of ether oxygens (including phenoxy) is 2. The van der Waals surface area contributed by atoms with Gasteiger partial charge in [0.1, 0.15) is 35.4 Å². The number of nitrogen functional groups attached to an aromatic ring is 2. The molecule has 1 fully saturated rings. The van der Waals surface area contributed by atoms with Crippen LogP contribution in [0.3, 0.4) is 0 Å². The number of aromatic nitrogens is 4. The molecule has 0 bridgehead atoms. The van der Waals surface area contributed by atoms with Gasteiger partial charge in [-0.3, -0.25) is 13.9 Å². The van der Waals surface area contributed by atoms with Gasteiger partial charge < -0.3 is 30.6 Å². The first-order valence-corrected chi connectivity index (χ1v) is 13.5. The number of esters is 1. The van der Waals surface area contributed by atoms with E-state index in [0.29, 0.717) is 0 Å². The number of nitrogens with zero attached hydrogens (tertiary/aromatic N) is 5. The van der Waals surface area contributed by atoms with Crippen LogP contribution in [0, 0.1) is 17.2 Å². The number of nitrogens with two attached hydrogens (primary N) is 2. The average Bonchev–Trinajstić information content (AvgIpc) is 3.43. The molecule has 2 aromatic heterocycles. The summed E-state index contributed by atoms with van der Waals surface area (Å²) >= 11 is 0. The highest BCUT2D eigenvalue weighted by molar-refractivity contribution is 7.52. The third kappa shape index (κ3) is 6.27. The number of carbonyl (C=O) groups is 1. The molecule has 39 heavy (non-hydrogen) atoms. The topological polar surface area (TPSA) is 223 Å². The Hall–Kier alpha value is -3.80. The third-order valence-corrected chi connectivity index (χ3v) is 7.34. The molecular weight excluding hydrogens is 531 g/mol. The zero-order valence-corrected chi connectivity index (χ0v) is 22.3. The van der Waals surface area contributed by atoms with E-state index in [2.05, 4.69) is 20.0 Å². The van der Waals surface area contributed by atoms with E-state index >= 15 is 0 Å². The van der Waals surface area contributed by atoms with Crippen LogP contribution in [-0.2, 0) is 23.4 Å². The second-order valence-corrected chi connectivity index (χ2v) is 10.7. The van der Waals surface area contributed by atoms with Gasteiger partial charge in [-0.25, -0.2) is 9.55 Å². The zero-order chi connectivity index (χ0) is 28.3. The molecule has 1 saturated heterocycles. The standard InChI is InChI=1S/C23H29N8O7P/c1-12(2)36-22(33)13(3)30-39(34,38-14-7-5-4-6-8-14)35-10-16-18(32)15(9-24)21(37-16)31-11-27-17-19(25)28-23(26)29-20(17)31/h4-8,11-13,15-16,18,21,32H,10H2,1-3H3,(H,30,34)(H4,25,26,28,29)/t13-,15+,16+,18-,21+,39-/m0/s1. The van der Waals surface area contributed by atoms with Gasteiger partial charge in [-0.15, -0.1) is 0 Å². The van der Waals surface area contributed by atoms with Crippen molar-refractivity contribution >= 4 is 36.6 Å². The lowest BCUT2D eigenvalue weighted by atomic mass is 10.0. The lowest BCUT2D eigenvalue weighted by Crippen LogP contribution is -2.37. The van der Waals surface area contributed by atoms with E-state index < -0.39 is 56.8 Å². The molecule has 3 heterocycles. The summed E-state index contributed by atoms with van der Waals surface area (Å²) in [5.74, 6) is -1.61. The van der Waals surface area contributed by atoms with Crippen LogP contribution in [0.2, 0.25) is 0 Å². The van der Waals surface area contributed by atoms with Gasteiger partial charge in [0.2, 0.25) is 5.95 Å². The number of nitrogens with one attached hydrogen (secondary N) is 1. The van der Waals surface area contributed by atoms with Crippen molar-refractivity contribution in [3.05, 3.63) is 36.7 Å². The minimum atomic E-state index is -4.23. The van der Waals surface area contributed by atoms with Crippen molar-refractivity contribution in [1.29, 1.82) is 5.26 Å². The maximum absolute atomic E-state index is 13.7. The monoisotopic (exact) mass is 560 g/mol. The maximum Gasteiger partial charge on any atom is 0.459 e. The molecule has 16 heteroatoms. The molecule has 1 aromatic carbocycles. The Morgan fingerprint density at radius 3 is 2.67 bits per heavy atom. The molecular formula is C23H29N8O7P. The van der Waals surface area contributed by atoms with Crippen molar-refractivity contribution in [1.82, 2.24) is 24.6 Å². The summed E-state index contributed by atoms with van der Waals surface area (Å²) < 4.78 is 37.5. The molecule has 3 aromatic rings. The number of imidazole rings is 1. The lowest BCUT2D eigenvalue weighted by molar-refractivity contribution is -0.149. The maximum atomic E-state index is 13.7. The van der Waals surface area contributed by atoms with Crippen LogP contribution in [0.25, 0.3) is 11.2 Å². The molecule has 15 nitrogen and oxygen atoms in total. The van der Waals surface area contributed by atoms with Crippen LogP contribution in [0.5, 0.6) is 5.75 Å². The number of hydrogen-bond acceptors (Lipinski definition) is 13. The normalized spacial score (nSPS) is 23.3. The van der Waals surface area contributed by atoms with E-state index in [4.69, 9.17) is 30.0 Å². The summed E-state index contributed by atoms with van der Waals surface area (Å²) in [5.41, 5.74) is 12.0. The molecule has 0 unspecified atom stereocenters. The lowest BCUT2D eigenvalue weighted by Gasteiger charge is -2.25. The second kappa shape index (κ2) is 11.5. The van der Waals surface area contributed by atoms with E-state index in [1.54, 1.807) is 44.2 Å². The number of carbonyl (C=O) groups excluding carboxylic acids is 1. The fourth-order valence-electron chi connectivity index (χ4n) is 3.91. The fourth-order valence-corrected chi connectivity index (χ4v) is 5.41. The van der Waals surface area contributed by atoms with E-state index in [1.165, 1.54) is 17.8 Å². The average molecular weight is 561 g/mol. The molecule has 0 amide bonds. The van der Waals surface area contributed by atoms with Gasteiger partial charge in [-0.2, -0.15) is 20.3 Å². The van der Waals surface area contributed by atoms with Gasteiger partial charge in [-0.05, 0) is 32.9 Å². The molecule has 0 aliphatic carbocycles. The van der Waals surface area contributed by atoms with Crippen LogP contribution in [0.4, 0.5) is 11.8 Å². The Labute approximate surface area is 223 Å². The molecule has 0 spiro atoms. The van der Waals surface area contributed by atoms with Gasteiger partial charge in [0.25, 0.3) is 0 Å². The number of para-hydroxylation sites is 1. The molecule has 1 aliphatic heterocycles. The van der Waals surface area contributed by atoms with Gasteiger partial charge in [0.05, 0.1) is 25.1 Å². The number of anilines is 2. The minimum Gasteiger partial charge on any atom is -0.462 e. The van der Waals surface area contributed by atoms with E-state index in [1.807, 2.05) is 6.07 Å². The van der Waals surface area contributed by atoms with Crippen molar-refractivity contribution < 1.29 is 33.0 Å². The van der Waals surface area contributed by atoms with Gasteiger partial charge >= 0.3 is 13.7 Å². The van der Waals surface area contributed by atoms with Crippen molar-refractivity contribution in [2.45, 2.75) is 51.4 Å². The van der Waals surface area contributed by atoms with Crippen LogP contribution < -0.4 is 21.1 Å². The smallest absolute Gasteiger partial charge is 0.459 e. The first-order valence-electron chi connectivity index (χ1n) is 12.0. The highest BCUT2D eigenvalue weighted by Crippen LogP contribution is 2.46. The van der Waals surface area contributed by atoms with Gasteiger partial charge in [0.15, 0.2) is 17.7 Å². The van der Waals surface area contributed by atoms with E-state index in [0.717, 1.165) is 0 Å². The number of fused-ring (bicyclic) bond motifs is 1. The van der Waals surface area contributed by atoms with Crippen molar-refractivity contribution in [2.75, 3.05) is 18.1 Å². The summed E-state index contributed by atoms with van der Waals surface area (Å²) in [6.45, 7) is 4.34. The number of rotatable bonds is 10. The fraction of sp³-hybridized carbons (Fsp3) is 0.435. The van der Waals surface area contributed by atoms with Crippen LogP contribution in [0.15, 0.2) is 36.7 Å². The van der Waals surface area contributed by atoms with Gasteiger partial charge in [0, 0.05) is 0 Å². The molecule has 0 radical (unpaired) electrons. The predicted octanol–water partition coefficient (Wildman–Crippen LogP) is 1.52. The summed E-state index contributed by atoms with van der Waals surface area (Å²) in [6.07, 6.45) is -2.59. The summed E-state index contributed by atoms with van der Waals surface area (Å²) in [4.78, 5) is 24.5. The number of hydrogen-bond donors (Lipinski definition) is 4. The second-order valence-electron chi connectivity index (χ2n) is 9.04. The van der Waals surface area contributed by atoms with E-state index in [9.17, 15) is 19.7 Å². The summed E-state index contributed by atoms with van der Waals surface area (Å²) in [5, 5.41) is 23.2. The predicted molar refractivity (Wildman–Crippen MR) is 138 cm³/mol. The Morgan fingerprint density at radius 1 is 1.28 bits per heavy atom. The Kier molecular flexibility index (Phi) is 8.34. The quantitative estimate of drug-likeness (QED) is 0.204. The summed E-state index contributed by atoms with van der Waals surface area (Å²) in [7, 11) is -4.23. The van der Waals surface area contributed by atoms with Crippen LogP contribution in [0.1, 0.15) is 27.0 Å². The van der Waals surface area contributed by atoms with Crippen molar-refractivity contribution in [3.63, 3.8) is 0 Å². The Bertz CT molecular complexity index is 1410. The van der Waals surface area contributed by atoms with E-state index in [-0.39, 0.29) is 28.7 Å². The van der Waals surface area contributed by atoms with Gasteiger partial charge in [-0.1, -0.05) is 18.2 Å². The number of aliphatic hydroxyl groups is 1. The Morgan fingerprint density at radius 2 is 2.00 bits per heavy atom. The molecule has 1 aliphatic rings. The molecule has 4 rings (SSSR count). The van der Waals surface area contributed by atoms with Crippen LogP contribution >= 0.6 is 7.75 Å². The number of nitriles is 1. The molecule has 208 valence electrons. The molecule has 6 N–H and O–H groups in total. The highest BCUT2D eigenvalue weighted by atomic mass is 31.2. The molecule has 0 saturated carbocycles. The summed E-state index contributed by atoms with van der Waals surface area (Å²) in [6, 6.07) is 9.14. The van der Waals surface area contributed by atoms with Crippen molar-refractivity contribution in [3.8, 4) is 11.8 Å². The minimum absolute atomic E-state index is 0.0402. The first-order chi connectivity index (χ1) is 18.5. The highest BCUT2D eigenvalue weighted by Gasteiger charge is 2.47. The zero-order valence-electron chi connectivity index (χ0n) is 21.4.